The maximum absolute atomic E-state index is 12.3. The van der Waals surface area contributed by atoms with Crippen LogP contribution in [0.3, 0.4) is 0 Å². The van der Waals surface area contributed by atoms with Crippen LogP contribution in [-0.2, 0) is 0 Å². The van der Waals surface area contributed by atoms with Crippen molar-refractivity contribution in [1.29, 1.82) is 0 Å². The minimum absolute atomic E-state index is 0. The molecule has 1 aromatic rings. The number of nitrogens with one attached hydrogen (secondary N) is 1. The number of furan rings is 1. The van der Waals surface area contributed by atoms with Crippen molar-refractivity contribution in [3.63, 3.8) is 0 Å². The average Bonchev–Trinajstić information content (AvgIpc) is 2.94. The van der Waals surface area contributed by atoms with E-state index in [-0.39, 0.29) is 18.3 Å². The molecule has 3 rings (SSSR count). The monoisotopic (exact) mass is 348 g/mol. The van der Waals surface area contributed by atoms with Gasteiger partial charge >= 0.3 is 0 Å². The van der Waals surface area contributed by atoms with E-state index in [1.54, 1.807) is 6.07 Å². The number of hydrogen-bond donors (Lipinski definition) is 1. The van der Waals surface area contributed by atoms with Gasteiger partial charge < -0.3 is 14.6 Å². The van der Waals surface area contributed by atoms with Crippen molar-refractivity contribution in [2.45, 2.75) is 12.8 Å². The SMILES string of the molecule is Cl.O=C(c1coc(Br)c1)N1CC[C@@H]2CNC[C@@H]2CC1. The molecule has 0 aliphatic carbocycles. The lowest BCUT2D eigenvalue weighted by atomic mass is 9.92. The van der Waals surface area contributed by atoms with E-state index in [0.717, 1.165) is 50.9 Å². The molecule has 4 nitrogen and oxygen atoms in total. The average molecular weight is 350 g/mol. The van der Waals surface area contributed by atoms with Crippen LogP contribution >= 0.6 is 28.3 Å². The van der Waals surface area contributed by atoms with Crippen molar-refractivity contribution in [2.75, 3.05) is 26.2 Å². The second kappa shape index (κ2) is 6.29. The maximum atomic E-state index is 12.3. The number of nitrogens with zero attached hydrogens (tertiary/aromatic N) is 1. The van der Waals surface area contributed by atoms with Crippen LogP contribution in [-0.4, -0.2) is 37.0 Å². The Morgan fingerprint density at radius 2 is 1.95 bits per heavy atom. The molecule has 0 saturated carbocycles. The number of likely N-dealkylation sites (tertiary alicyclic amines) is 1. The van der Waals surface area contributed by atoms with Crippen molar-refractivity contribution in [1.82, 2.24) is 10.2 Å². The molecule has 2 fully saturated rings. The first-order valence-electron chi connectivity index (χ1n) is 6.48. The van der Waals surface area contributed by atoms with E-state index < -0.39 is 0 Å². The Kier molecular flexibility index (Phi) is 4.92. The summed E-state index contributed by atoms with van der Waals surface area (Å²) < 4.78 is 5.75. The minimum atomic E-state index is 0. The van der Waals surface area contributed by atoms with E-state index in [1.165, 1.54) is 6.26 Å². The van der Waals surface area contributed by atoms with Crippen LogP contribution in [0.15, 0.2) is 21.4 Å². The Bertz CT molecular complexity index is 438. The summed E-state index contributed by atoms with van der Waals surface area (Å²) in [4.78, 5) is 14.3. The van der Waals surface area contributed by atoms with E-state index in [2.05, 4.69) is 21.2 Å². The molecule has 0 unspecified atom stereocenters. The summed E-state index contributed by atoms with van der Waals surface area (Å²) in [5.41, 5.74) is 0.645. The number of carbonyl (C=O) groups is 1. The normalized spacial score (nSPS) is 26.5. The third kappa shape index (κ3) is 3.15. The van der Waals surface area contributed by atoms with Crippen molar-refractivity contribution in [2.24, 2.45) is 11.8 Å². The van der Waals surface area contributed by atoms with Gasteiger partial charge in [-0.05, 0) is 53.7 Å². The smallest absolute Gasteiger partial charge is 0.257 e. The predicted octanol–water partition coefficient (Wildman–Crippen LogP) is 2.54. The highest BCUT2D eigenvalue weighted by molar-refractivity contribution is 9.10. The first-order valence-corrected chi connectivity index (χ1v) is 7.27. The second-order valence-corrected chi connectivity index (χ2v) is 5.97. The topological polar surface area (TPSA) is 45.5 Å². The zero-order valence-corrected chi connectivity index (χ0v) is 13.0. The van der Waals surface area contributed by atoms with E-state index in [1.807, 2.05) is 4.90 Å². The van der Waals surface area contributed by atoms with Crippen LogP contribution in [0.1, 0.15) is 23.2 Å². The number of carbonyl (C=O) groups excluding carboxylic acids is 1. The van der Waals surface area contributed by atoms with Gasteiger partial charge in [0, 0.05) is 19.2 Å². The lowest BCUT2D eigenvalue weighted by molar-refractivity contribution is 0.0758. The van der Waals surface area contributed by atoms with Gasteiger partial charge in [0.15, 0.2) is 4.67 Å². The van der Waals surface area contributed by atoms with Gasteiger partial charge in [-0.1, -0.05) is 0 Å². The summed E-state index contributed by atoms with van der Waals surface area (Å²) in [6, 6.07) is 1.75. The lowest BCUT2D eigenvalue weighted by Crippen LogP contribution is -2.32. The van der Waals surface area contributed by atoms with Gasteiger partial charge in [0.2, 0.25) is 0 Å². The van der Waals surface area contributed by atoms with Crippen molar-refractivity contribution >= 4 is 34.2 Å². The molecule has 2 aliphatic heterocycles. The lowest BCUT2D eigenvalue weighted by Gasteiger charge is -2.19. The molecule has 2 aliphatic rings. The molecule has 0 aromatic carbocycles. The molecule has 1 amide bonds. The molecular weight excluding hydrogens is 332 g/mol. The van der Waals surface area contributed by atoms with Crippen LogP contribution < -0.4 is 5.32 Å². The molecule has 2 atom stereocenters. The fourth-order valence-electron chi connectivity index (χ4n) is 3.03. The Morgan fingerprint density at radius 3 is 2.47 bits per heavy atom. The van der Waals surface area contributed by atoms with Crippen LogP contribution in [0.2, 0.25) is 0 Å². The summed E-state index contributed by atoms with van der Waals surface area (Å²) in [6.45, 7) is 3.96. The van der Waals surface area contributed by atoms with Gasteiger partial charge in [-0.2, -0.15) is 0 Å². The van der Waals surface area contributed by atoms with E-state index >= 15 is 0 Å². The molecule has 6 heteroatoms. The minimum Gasteiger partial charge on any atom is -0.457 e. The van der Waals surface area contributed by atoms with Gasteiger partial charge in [-0.3, -0.25) is 4.79 Å². The highest BCUT2D eigenvalue weighted by Crippen LogP contribution is 2.28. The third-order valence-corrected chi connectivity index (χ3v) is 4.54. The van der Waals surface area contributed by atoms with Crippen molar-refractivity contribution < 1.29 is 9.21 Å². The zero-order chi connectivity index (χ0) is 12.5. The van der Waals surface area contributed by atoms with Gasteiger partial charge in [0.25, 0.3) is 5.91 Å². The van der Waals surface area contributed by atoms with Gasteiger partial charge in [-0.25, -0.2) is 0 Å². The van der Waals surface area contributed by atoms with E-state index in [4.69, 9.17) is 4.42 Å². The fraction of sp³-hybridized carbons (Fsp3) is 0.615. The summed E-state index contributed by atoms with van der Waals surface area (Å²) in [5.74, 6) is 1.59. The van der Waals surface area contributed by atoms with Gasteiger partial charge in [0.1, 0.15) is 6.26 Å². The summed E-state index contributed by atoms with van der Waals surface area (Å²) in [7, 11) is 0. The fourth-order valence-corrected chi connectivity index (χ4v) is 3.37. The highest BCUT2D eigenvalue weighted by Gasteiger charge is 2.31. The maximum Gasteiger partial charge on any atom is 0.257 e. The molecule has 1 aromatic heterocycles. The van der Waals surface area contributed by atoms with E-state index in [0.29, 0.717) is 10.2 Å². The Hall–Kier alpha value is -0.520. The van der Waals surface area contributed by atoms with Crippen LogP contribution in [0.25, 0.3) is 0 Å². The number of hydrogen-bond acceptors (Lipinski definition) is 3. The Balaban J connectivity index is 0.00000133. The predicted molar refractivity (Wildman–Crippen MR) is 78.6 cm³/mol. The largest absolute Gasteiger partial charge is 0.457 e. The number of amides is 1. The first-order chi connectivity index (χ1) is 8.74. The number of fused-ring (bicyclic) bond motifs is 1. The van der Waals surface area contributed by atoms with Crippen molar-refractivity contribution in [3.8, 4) is 0 Å². The molecule has 106 valence electrons. The van der Waals surface area contributed by atoms with Crippen molar-refractivity contribution in [3.05, 3.63) is 22.6 Å². The standard InChI is InChI=1S/C13H17BrN2O2.ClH/c14-12-5-11(8-18-12)13(17)16-3-1-9-6-15-7-10(9)2-4-16;/h5,8-10,15H,1-4,6-7H2;1H/t9-,10+;. The van der Waals surface area contributed by atoms with Crippen LogP contribution in [0.5, 0.6) is 0 Å². The molecular formula is C13H18BrClN2O2. The van der Waals surface area contributed by atoms with Crippen LogP contribution in [0.4, 0.5) is 0 Å². The van der Waals surface area contributed by atoms with E-state index in [9.17, 15) is 4.79 Å². The summed E-state index contributed by atoms with van der Waals surface area (Å²) >= 11 is 3.23. The summed E-state index contributed by atoms with van der Waals surface area (Å²) in [5, 5.41) is 3.45. The summed E-state index contributed by atoms with van der Waals surface area (Å²) in [6.07, 6.45) is 3.75. The Labute approximate surface area is 127 Å². The molecule has 1 N–H and O–H groups in total. The third-order valence-electron chi connectivity index (χ3n) is 4.12. The Morgan fingerprint density at radius 1 is 1.32 bits per heavy atom. The molecule has 0 radical (unpaired) electrons. The highest BCUT2D eigenvalue weighted by atomic mass is 79.9. The van der Waals surface area contributed by atoms with Gasteiger partial charge in [-0.15, -0.1) is 12.4 Å². The molecule has 19 heavy (non-hydrogen) atoms. The molecule has 0 spiro atoms. The molecule has 0 bridgehead atoms. The zero-order valence-electron chi connectivity index (χ0n) is 10.6. The van der Waals surface area contributed by atoms with Gasteiger partial charge in [0.05, 0.1) is 5.56 Å². The van der Waals surface area contributed by atoms with Crippen LogP contribution in [0, 0.1) is 11.8 Å². The molecule has 2 saturated heterocycles. The quantitative estimate of drug-likeness (QED) is 0.847. The number of halogens is 2. The molecule has 3 heterocycles. The first kappa shape index (κ1) is 14.9. The second-order valence-electron chi connectivity index (χ2n) is 5.19. The number of rotatable bonds is 1.